The molecule has 0 aliphatic rings. The molecule has 1 aromatic rings. The molecule has 0 radical (unpaired) electrons. The first-order valence-corrected chi connectivity index (χ1v) is 5.72. The maximum Gasteiger partial charge on any atom is 0.381 e. The van der Waals surface area contributed by atoms with Crippen LogP contribution in [-0.4, -0.2) is 31.4 Å². The second-order valence-electron chi connectivity index (χ2n) is 3.83. The van der Waals surface area contributed by atoms with E-state index in [2.05, 4.69) is 4.74 Å². The van der Waals surface area contributed by atoms with Crippen molar-refractivity contribution < 1.29 is 32.2 Å². The number of carbonyl (C=O) groups excluding carboxylic acids is 2. The zero-order valence-corrected chi connectivity index (χ0v) is 10.9. The second-order valence-corrected chi connectivity index (χ2v) is 3.83. The van der Waals surface area contributed by atoms with Crippen LogP contribution in [0.3, 0.4) is 0 Å². The third-order valence-corrected chi connectivity index (χ3v) is 2.51. The van der Waals surface area contributed by atoms with E-state index in [0.717, 1.165) is 31.4 Å². The van der Waals surface area contributed by atoms with Gasteiger partial charge in [-0.25, -0.2) is 9.18 Å². The molecule has 0 spiro atoms. The Balaban J connectivity index is 3.14. The number of ketones is 1. The summed E-state index contributed by atoms with van der Waals surface area (Å²) in [7, 11) is 0.823. The van der Waals surface area contributed by atoms with Gasteiger partial charge in [-0.2, -0.15) is 8.78 Å². The Morgan fingerprint density at radius 1 is 1.25 bits per heavy atom. The number of halogens is 3. The Morgan fingerprint density at radius 3 is 2.25 bits per heavy atom. The summed E-state index contributed by atoms with van der Waals surface area (Å²) in [5.41, 5.74) is -0.115. The summed E-state index contributed by atoms with van der Waals surface area (Å²) in [5, 5.41) is 0. The van der Waals surface area contributed by atoms with Crippen molar-refractivity contribution in [3.05, 3.63) is 35.6 Å². The quantitative estimate of drug-likeness (QED) is 0.596. The fourth-order valence-corrected chi connectivity index (χ4v) is 1.56. The fraction of sp³-hybridized carbons (Fsp3) is 0.385. The van der Waals surface area contributed by atoms with Crippen LogP contribution in [0.1, 0.15) is 18.6 Å². The van der Waals surface area contributed by atoms with E-state index in [0.29, 0.717) is 0 Å². The van der Waals surface area contributed by atoms with Crippen molar-refractivity contribution in [3.63, 3.8) is 0 Å². The molecule has 0 fully saturated rings. The van der Waals surface area contributed by atoms with Crippen molar-refractivity contribution in [2.24, 2.45) is 0 Å². The molecular weight excluding hydrogens is 277 g/mol. The molecule has 0 aromatic heterocycles. The molecule has 0 saturated heterocycles. The Kier molecular flexibility index (Phi) is 5.26. The zero-order chi connectivity index (χ0) is 15.3. The molecule has 7 heteroatoms. The van der Waals surface area contributed by atoms with Gasteiger partial charge in [0.25, 0.3) is 0 Å². The molecule has 4 nitrogen and oxygen atoms in total. The lowest BCUT2D eigenvalue weighted by molar-refractivity contribution is -0.180. The highest BCUT2D eigenvalue weighted by Crippen LogP contribution is 2.35. The van der Waals surface area contributed by atoms with Gasteiger partial charge in [-0.1, -0.05) is 12.1 Å². The summed E-state index contributed by atoms with van der Waals surface area (Å²) in [6.07, 6.45) is -1.99. The molecule has 1 aromatic carbocycles. The molecule has 1 rings (SSSR count). The van der Waals surface area contributed by atoms with Crippen LogP contribution in [0.5, 0.6) is 0 Å². The van der Waals surface area contributed by atoms with E-state index in [1.165, 1.54) is 6.92 Å². The van der Waals surface area contributed by atoms with E-state index in [1.807, 2.05) is 0 Å². The van der Waals surface area contributed by atoms with E-state index >= 15 is 0 Å². The van der Waals surface area contributed by atoms with Crippen LogP contribution in [-0.2, 0) is 19.1 Å². The minimum atomic E-state index is -4.11. The SMILES string of the molecule is CCOC(c1ccc(F)cc1)C(F)(F)C(=O)C(=O)OC. The number of alkyl halides is 2. The summed E-state index contributed by atoms with van der Waals surface area (Å²) < 4.78 is 49.7. The van der Waals surface area contributed by atoms with E-state index in [1.54, 1.807) is 0 Å². The van der Waals surface area contributed by atoms with Gasteiger partial charge >= 0.3 is 17.7 Å². The topological polar surface area (TPSA) is 52.6 Å². The second kappa shape index (κ2) is 6.51. The number of hydrogen-bond acceptors (Lipinski definition) is 4. The monoisotopic (exact) mass is 290 g/mol. The van der Waals surface area contributed by atoms with Crippen LogP contribution in [0.15, 0.2) is 24.3 Å². The molecule has 0 bridgehead atoms. The highest BCUT2D eigenvalue weighted by atomic mass is 19.3. The summed E-state index contributed by atoms with van der Waals surface area (Å²) in [4.78, 5) is 22.4. The molecule has 0 N–H and O–H groups in total. The first kappa shape index (κ1) is 16.2. The van der Waals surface area contributed by atoms with Gasteiger partial charge in [0.2, 0.25) is 0 Å². The van der Waals surface area contributed by atoms with Crippen molar-refractivity contribution >= 4 is 11.8 Å². The number of ether oxygens (including phenoxy) is 2. The lowest BCUT2D eigenvalue weighted by atomic mass is 10.00. The molecular formula is C13H13F3O4. The molecule has 1 atom stereocenters. The fourth-order valence-electron chi connectivity index (χ4n) is 1.56. The number of carbonyl (C=O) groups is 2. The smallest absolute Gasteiger partial charge is 0.381 e. The van der Waals surface area contributed by atoms with Crippen LogP contribution in [0, 0.1) is 5.82 Å². The number of hydrogen-bond donors (Lipinski definition) is 0. The van der Waals surface area contributed by atoms with Gasteiger partial charge in [-0.15, -0.1) is 0 Å². The Morgan fingerprint density at radius 2 is 1.80 bits per heavy atom. The van der Waals surface area contributed by atoms with E-state index in [4.69, 9.17) is 4.74 Å². The third-order valence-electron chi connectivity index (χ3n) is 2.51. The minimum absolute atomic E-state index is 0.115. The van der Waals surface area contributed by atoms with Crippen molar-refractivity contribution in [3.8, 4) is 0 Å². The van der Waals surface area contributed by atoms with E-state index in [-0.39, 0.29) is 12.2 Å². The number of benzene rings is 1. The number of rotatable bonds is 6. The largest absolute Gasteiger partial charge is 0.463 e. The number of esters is 1. The van der Waals surface area contributed by atoms with Gasteiger partial charge in [0.15, 0.2) is 6.10 Å². The first-order valence-electron chi connectivity index (χ1n) is 5.72. The highest BCUT2D eigenvalue weighted by Gasteiger charge is 2.52. The van der Waals surface area contributed by atoms with E-state index < -0.39 is 29.6 Å². The number of Topliss-reactive ketones (excluding diaryl/α,β-unsaturated/α-hetero) is 1. The molecule has 0 saturated carbocycles. The summed E-state index contributed by atoms with van der Waals surface area (Å²) in [6, 6.07) is 4.04. The average Bonchev–Trinajstić information content (AvgIpc) is 2.44. The van der Waals surface area contributed by atoms with Gasteiger partial charge < -0.3 is 9.47 Å². The molecule has 0 aliphatic heterocycles. The molecule has 1 unspecified atom stereocenters. The zero-order valence-electron chi connectivity index (χ0n) is 10.9. The van der Waals surface area contributed by atoms with Gasteiger partial charge in [-0.3, -0.25) is 4.79 Å². The van der Waals surface area contributed by atoms with Gasteiger partial charge in [0.1, 0.15) is 5.82 Å². The van der Waals surface area contributed by atoms with Crippen LogP contribution in [0.2, 0.25) is 0 Å². The van der Waals surface area contributed by atoms with Gasteiger partial charge in [-0.05, 0) is 24.6 Å². The van der Waals surface area contributed by atoms with Crippen LogP contribution in [0.4, 0.5) is 13.2 Å². The van der Waals surface area contributed by atoms with Crippen molar-refractivity contribution in [2.75, 3.05) is 13.7 Å². The van der Waals surface area contributed by atoms with Crippen molar-refractivity contribution in [1.29, 1.82) is 0 Å². The molecule has 0 amide bonds. The first-order chi connectivity index (χ1) is 9.34. The van der Waals surface area contributed by atoms with Gasteiger partial charge in [0, 0.05) is 6.61 Å². The Labute approximate surface area is 113 Å². The molecule has 0 aliphatic carbocycles. The molecule has 0 heterocycles. The summed E-state index contributed by atoms with van der Waals surface area (Å²) >= 11 is 0. The Hall–Kier alpha value is -1.89. The van der Waals surface area contributed by atoms with Crippen molar-refractivity contribution in [1.82, 2.24) is 0 Å². The third kappa shape index (κ3) is 3.36. The van der Waals surface area contributed by atoms with Crippen LogP contribution in [0.25, 0.3) is 0 Å². The summed E-state index contributed by atoms with van der Waals surface area (Å²) in [5.74, 6) is -8.41. The maximum atomic E-state index is 14.0. The maximum absolute atomic E-state index is 14.0. The predicted molar refractivity (Wildman–Crippen MR) is 62.7 cm³/mol. The van der Waals surface area contributed by atoms with Gasteiger partial charge in [0.05, 0.1) is 7.11 Å². The standard InChI is InChI=1S/C13H13F3O4/c1-3-20-11(8-4-6-9(14)7-5-8)13(15,16)10(17)12(18)19-2/h4-7,11H,3H2,1-2H3. The van der Waals surface area contributed by atoms with E-state index in [9.17, 15) is 22.8 Å². The predicted octanol–water partition coefficient (Wildman–Crippen LogP) is 2.28. The number of methoxy groups -OCH3 is 1. The van der Waals surface area contributed by atoms with Crippen molar-refractivity contribution in [2.45, 2.75) is 19.0 Å². The highest BCUT2D eigenvalue weighted by molar-refractivity contribution is 6.36. The van der Waals surface area contributed by atoms with Crippen LogP contribution >= 0.6 is 0 Å². The van der Waals surface area contributed by atoms with Crippen LogP contribution < -0.4 is 0 Å². The average molecular weight is 290 g/mol. The normalized spacial score (nSPS) is 12.8. The Bertz CT molecular complexity index is 485. The lowest BCUT2D eigenvalue weighted by Gasteiger charge is -2.25. The summed E-state index contributed by atoms with van der Waals surface area (Å²) in [6.45, 7) is 1.33. The minimum Gasteiger partial charge on any atom is -0.463 e. The lowest BCUT2D eigenvalue weighted by Crippen LogP contribution is -2.42. The molecule has 110 valence electrons. The molecule has 20 heavy (non-hydrogen) atoms.